The highest BCUT2D eigenvalue weighted by molar-refractivity contribution is 7.13. The summed E-state index contributed by atoms with van der Waals surface area (Å²) in [5, 5.41) is 2.67. The predicted octanol–water partition coefficient (Wildman–Crippen LogP) is 7.21. The number of piperazine rings is 1. The molecule has 0 N–H and O–H groups in total. The minimum atomic E-state index is -4.73. The molecule has 6 nitrogen and oxygen atoms in total. The van der Waals surface area contributed by atoms with Gasteiger partial charge in [0.2, 0.25) is 0 Å². The maximum absolute atomic E-state index is 14.6. The van der Waals surface area contributed by atoms with Gasteiger partial charge in [-0.15, -0.1) is 11.3 Å². The van der Waals surface area contributed by atoms with Gasteiger partial charge in [-0.25, -0.2) is 4.98 Å². The number of anilines is 1. The molecule has 0 bridgehead atoms. The molecule has 43 heavy (non-hydrogen) atoms. The molecule has 0 saturated carbocycles. The average molecular weight is 627 g/mol. The van der Waals surface area contributed by atoms with E-state index in [1.165, 1.54) is 29.5 Å². The molecular formula is C32H30ClF3N4O2S. The Kier molecular flexibility index (Phi) is 7.51. The van der Waals surface area contributed by atoms with E-state index < -0.39 is 22.7 Å². The Morgan fingerprint density at radius 1 is 0.930 bits per heavy atom. The van der Waals surface area contributed by atoms with Crippen LogP contribution in [0.1, 0.15) is 41.9 Å². The first kappa shape index (κ1) is 29.6. The molecule has 1 fully saturated rings. The fourth-order valence-electron chi connectivity index (χ4n) is 5.88. The van der Waals surface area contributed by atoms with Crippen molar-refractivity contribution < 1.29 is 18.0 Å². The third kappa shape index (κ3) is 5.75. The fourth-order valence-corrected chi connectivity index (χ4v) is 6.84. The number of fused-ring (bicyclic) bond motifs is 1. The first-order valence-electron chi connectivity index (χ1n) is 14.0. The highest BCUT2D eigenvalue weighted by Crippen LogP contribution is 2.41. The third-order valence-electron chi connectivity index (χ3n) is 8.16. The van der Waals surface area contributed by atoms with Crippen molar-refractivity contribution in [3.8, 4) is 27.5 Å². The van der Waals surface area contributed by atoms with Gasteiger partial charge in [0.25, 0.3) is 5.56 Å². The van der Waals surface area contributed by atoms with Crippen molar-refractivity contribution >= 4 is 34.4 Å². The minimum absolute atomic E-state index is 0.0927. The topological polar surface area (TPSA) is 58.4 Å². The van der Waals surface area contributed by atoms with E-state index in [0.29, 0.717) is 40.2 Å². The Morgan fingerprint density at radius 3 is 2.30 bits per heavy atom. The number of pyridine rings is 1. The number of rotatable bonds is 4. The van der Waals surface area contributed by atoms with Crippen molar-refractivity contribution in [3.63, 3.8) is 0 Å². The molecule has 0 radical (unpaired) electrons. The summed E-state index contributed by atoms with van der Waals surface area (Å²) in [5.74, 6) is -0.209. The molecule has 11 heteroatoms. The lowest BCUT2D eigenvalue weighted by Crippen LogP contribution is -2.44. The molecule has 2 aromatic heterocycles. The number of thiazole rings is 1. The summed E-state index contributed by atoms with van der Waals surface area (Å²) in [6, 6.07) is 12.6. The van der Waals surface area contributed by atoms with Crippen LogP contribution in [0.4, 0.5) is 18.9 Å². The summed E-state index contributed by atoms with van der Waals surface area (Å²) in [4.78, 5) is 36.7. The number of carbonyl (C=O) groups excluding carboxylic acids is 1. The first-order valence-corrected chi connectivity index (χ1v) is 15.3. The Balaban J connectivity index is 1.59. The smallest absolute Gasteiger partial charge is 0.369 e. The largest absolute Gasteiger partial charge is 0.418 e. The van der Waals surface area contributed by atoms with E-state index in [-0.39, 0.29) is 35.4 Å². The highest BCUT2D eigenvalue weighted by Gasteiger charge is 2.39. The van der Waals surface area contributed by atoms with Gasteiger partial charge in [0.1, 0.15) is 5.01 Å². The number of carbonyl (C=O) groups is 1. The Hall–Kier alpha value is -3.47. The van der Waals surface area contributed by atoms with Crippen molar-refractivity contribution in [2.24, 2.45) is 5.41 Å². The quantitative estimate of drug-likeness (QED) is 0.240. The predicted molar refractivity (Wildman–Crippen MR) is 165 cm³/mol. The maximum Gasteiger partial charge on any atom is 0.418 e. The SMILES string of the molecule is CN1CCN(c2ccc(C(F)(F)F)c(-n3c4c(cc(-c5nc(-c6ccc(Cl)cc6)cs5)c3=O)C(=O)CC(C)(C)C4)c2)CC1. The number of ketones is 1. The van der Waals surface area contributed by atoms with Crippen LogP contribution in [-0.2, 0) is 12.6 Å². The Bertz CT molecular complexity index is 1770. The van der Waals surface area contributed by atoms with E-state index in [4.69, 9.17) is 11.6 Å². The third-order valence-corrected chi connectivity index (χ3v) is 9.29. The molecule has 4 aromatic rings. The van der Waals surface area contributed by atoms with E-state index in [2.05, 4.69) is 9.88 Å². The number of hydrogen-bond acceptors (Lipinski definition) is 6. The second-order valence-electron chi connectivity index (χ2n) is 12.0. The fraction of sp³-hybridized carbons (Fsp3) is 0.344. The summed E-state index contributed by atoms with van der Waals surface area (Å²) >= 11 is 7.23. The van der Waals surface area contributed by atoms with Crippen molar-refractivity contribution in [2.45, 2.75) is 32.9 Å². The molecule has 1 saturated heterocycles. The number of halogens is 4. The number of hydrogen-bond donors (Lipinski definition) is 0. The van der Waals surface area contributed by atoms with Crippen LogP contribution >= 0.6 is 22.9 Å². The zero-order chi connectivity index (χ0) is 30.7. The van der Waals surface area contributed by atoms with Crippen molar-refractivity contribution in [2.75, 3.05) is 38.1 Å². The average Bonchev–Trinajstić information content (AvgIpc) is 3.42. The molecule has 1 aliphatic carbocycles. The monoisotopic (exact) mass is 626 g/mol. The van der Waals surface area contributed by atoms with Gasteiger partial charge in [0.05, 0.1) is 22.5 Å². The lowest BCUT2D eigenvalue weighted by molar-refractivity contribution is -0.137. The summed E-state index contributed by atoms with van der Waals surface area (Å²) in [6.07, 6.45) is -4.23. The molecule has 0 spiro atoms. The molecular weight excluding hydrogens is 597 g/mol. The van der Waals surface area contributed by atoms with Crippen molar-refractivity contribution in [1.82, 2.24) is 14.5 Å². The van der Waals surface area contributed by atoms with Gasteiger partial charge in [0.15, 0.2) is 5.78 Å². The van der Waals surface area contributed by atoms with Crippen molar-refractivity contribution in [1.29, 1.82) is 0 Å². The Labute approximate surface area is 256 Å². The number of benzene rings is 2. The lowest BCUT2D eigenvalue weighted by Gasteiger charge is -2.35. The van der Waals surface area contributed by atoms with Gasteiger partial charge in [-0.3, -0.25) is 14.2 Å². The van der Waals surface area contributed by atoms with Gasteiger partial charge in [-0.2, -0.15) is 13.2 Å². The van der Waals surface area contributed by atoms with Crippen LogP contribution in [0.2, 0.25) is 5.02 Å². The van der Waals surface area contributed by atoms with E-state index >= 15 is 0 Å². The van der Waals surface area contributed by atoms with E-state index in [1.54, 1.807) is 29.6 Å². The van der Waals surface area contributed by atoms with Gasteiger partial charge in [0, 0.05) is 65.5 Å². The number of Topliss-reactive ketones (excluding diaryl/α,β-unsaturated/α-hetero) is 1. The van der Waals surface area contributed by atoms with Gasteiger partial charge >= 0.3 is 6.18 Å². The van der Waals surface area contributed by atoms with E-state index in [9.17, 15) is 22.8 Å². The number of aromatic nitrogens is 2. The maximum atomic E-state index is 14.6. The number of nitrogens with zero attached hydrogens (tertiary/aromatic N) is 4. The molecule has 0 atom stereocenters. The van der Waals surface area contributed by atoms with E-state index in [0.717, 1.165) is 29.3 Å². The molecule has 224 valence electrons. The molecule has 0 unspecified atom stereocenters. The zero-order valence-electron chi connectivity index (χ0n) is 24.0. The lowest BCUT2D eigenvalue weighted by atomic mass is 9.75. The zero-order valence-corrected chi connectivity index (χ0v) is 25.5. The van der Waals surface area contributed by atoms with Crippen LogP contribution in [0.25, 0.3) is 27.5 Å². The summed E-state index contributed by atoms with van der Waals surface area (Å²) in [7, 11) is 2.00. The van der Waals surface area contributed by atoms with Crippen LogP contribution in [0.15, 0.2) is 58.7 Å². The van der Waals surface area contributed by atoms with E-state index in [1.807, 2.05) is 25.8 Å². The van der Waals surface area contributed by atoms with Crippen LogP contribution < -0.4 is 10.5 Å². The first-order chi connectivity index (χ1) is 20.3. The second-order valence-corrected chi connectivity index (χ2v) is 13.3. The number of likely N-dealkylation sites (N-methyl/N-ethyl adjacent to an activating group) is 1. The normalized spacial score (nSPS) is 17.3. The molecule has 0 amide bonds. The Morgan fingerprint density at radius 2 is 1.63 bits per heavy atom. The highest BCUT2D eigenvalue weighted by atomic mass is 35.5. The van der Waals surface area contributed by atoms with Gasteiger partial charge in [-0.1, -0.05) is 37.6 Å². The standard InChI is InChI=1S/C32H30ClF3N4O2S/c1-31(2)16-27-22(28(41)17-31)15-23(29-37-25(18-43-29)19-4-6-20(33)7-5-19)30(42)40(27)26-14-21(8-9-24(26)32(34,35)36)39-12-10-38(3)11-13-39/h4-9,14-15,18H,10-13,16-17H2,1-3H3. The molecule has 3 heterocycles. The van der Waals surface area contributed by atoms with Crippen LogP contribution in [0.3, 0.4) is 0 Å². The minimum Gasteiger partial charge on any atom is -0.369 e. The second kappa shape index (κ2) is 10.9. The summed E-state index contributed by atoms with van der Waals surface area (Å²) < 4.78 is 44.9. The van der Waals surface area contributed by atoms with Crippen LogP contribution in [-0.4, -0.2) is 53.5 Å². The number of alkyl halides is 3. The van der Waals surface area contributed by atoms with Gasteiger partial charge < -0.3 is 9.80 Å². The summed E-state index contributed by atoms with van der Waals surface area (Å²) in [5.41, 5.74) is 0.260. The van der Waals surface area contributed by atoms with Gasteiger partial charge in [-0.05, 0) is 55.3 Å². The molecule has 2 aliphatic rings. The molecule has 2 aromatic carbocycles. The summed E-state index contributed by atoms with van der Waals surface area (Å²) in [6.45, 7) is 6.61. The molecule has 1 aliphatic heterocycles. The van der Waals surface area contributed by atoms with Crippen molar-refractivity contribution in [3.05, 3.63) is 86.1 Å². The van der Waals surface area contributed by atoms with Crippen LogP contribution in [0.5, 0.6) is 0 Å². The van der Waals surface area contributed by atoms with Crippen LogP contribution in [0, 0.1) is 5.41 Å². The molecule has 6 rings (SSSR count).